The van der Waals surface area contributed by atoms with Crippen LogP contribution in [0.4, 0.5) is 0 Å². The van der Waals surface area contributed by atoms with Crippen LogP contribution in [0.5, 0.6) is 0 Å². The zero-order valence-corrected chi connectivity index (χ0v) is 15.9. The molecule has 0 amide bonds. The molecule has 0 aliphatic carbocycles. The normalized spacial score (nSPS) is 30.0. The largest absolute Gasteiger partial charge is 0.504 e. The van der Waals surface area contributed by atoms with Gasteiger partial charge < -0.3 is 28.8 Å². The average Bonchev–Trinajstić information content (AvgIpc) is 2.75. The van der Waals surface area contributed by atoms with E-state index in [2.05, 4.69) is 0 Å². The van der Waals surface area contributed by atoms with Crippen LogP contribution in [0.25, 0.3) is 0 Å². The second kappa shape index (κ2) is 7.93. The number of aliphatic hydroxyl groups excluding tert-OH is 1. The summed E-state index contributed by atoms with van der Waals surface area (Å²) < 4.78 is 29.4. The van der Waals surface area contributed by atoms with Crippen molar-refractivity contribution in [1.82, 2.24) is 0 Å². The van der Waals surface area contributed by atoms with Gasteiger partial charge in [0.1, 0.15) is 12.7 Å². The maximum absolute atomic E-state index is 10.8. The van der Waals surface area contributed by atoms with Crippen molar-refractivity contribution in [1.29, 1.82) is 0 Å². The van der Waals surface area contributed by atoms with Crippen LogP contribution < -0.4 is 0 Å². The van der Waals surface area contributed by atoms with Crippen LogP contribution in [0, 0.1) is 0 Å². The van der Waals surface area contributed by atoms with Gasteiger partial charge in [-0.3, -0.25) is 0 Å². The van der Waals surface area contributed by atoms with E-state index in [4.69, 9.17) is 23.7 Å². The predicted molar refractivity (Wildman–Crippen MR) is 101 cm³/mol. The lowest BCUT2D eigenvalue weighted by Gasteiger charge is -2.45. The standard InChI is InChI=1S/C22H24O6/c1-22(24-2)20(23)19(25-13-15-9-5-3-6-10-15)18-17(28-22)14-26-21(27-18)16-11-7-4-8-12-16/h3-12,17-18,21,23H,13-14H2,1-2H3. The first-order valence-corrected chi connectivity index (χ1v) is 9.26. The van der Waals surface area contributed by atoms with Crippen molar-refractivity contribution in [2.24, 2.45) is 0 Å². The van der Waals surface area contributed by atoms with E-state index in [9.17, 15) is 5.11 Å². The molecule has 2 heterocycles. The number of rotatable bonds is 5. The number of hydrogen-bond donors (Lipinski definition) is 1. The lowest BCUT2D eigenvalue weighted by atomic mass is 10.0. The SMILES string of the molecule is COC1(C)OC2COC(c3ccccc3)OC2C(OCc2ccccc2)=C1O. The summed E-state index contributed by atoms with van der Waals surface area (Å²) in [7, 11) is 1.47. The minimum absolute atomic E-state index is 0.124. The molecule has 4 atom stereocenters. The minimum Gasteiger partial charge on any atom is -0.504 e. The molecule has 2 aromatic carbocycles. The van der Waals surface area contributed by atoms with Crippen molar-refractivity contribution < 1.29 is 28.8 Å². The molecule has 1 N–H and O–H groups in total. The maximum Gasteiger partial charge on any atom is 0.228 e. The molecular weight excluding hydrogens is 360 g/mol. The van der Waals surface area contributed by atoms with Gasteiger partial charge >= 0.3 is 0 Å². The van der Waals surface area contributed by atoms with E-state index < -0.39 is 24.3 Å². The quantitative estimate of drug-likeness (QED) is 0.845. The first-order chi connectivity index (χ1) is 13.6. The van der Waals surface area contributed by atoms with Crippen molar-refractivity contribution in [2.45, 2.75) is 37.8 Å². The molecule has 1 fully saturated rings. The van der Waals surface area contributed by atoms with Gasteiger partial charge in [0.2, 0.25) is 5.79 Å². The number of hydrogen-bond acceptors (Lipinski definition) is 6. The summed E-state index contributed by atoms with van der Waals surface area (Å²) in [6.45, 7) is 2.23. The van der Waals surface area contributed by atoms with Crippen molar-refractivity contribution in [3.05, 3.63) is 83.3 Å². The van der Waals surface area contributed by atoms with E-state index in [1.54, 1.807) is 6.92 Å². The van der Waals surface area contributed by atoms with Gasteiger partial charge in [0.15, 0.2) is 23.9 Å². The van der Waals surface area contributed by atoms with Crippen LogP contribution in [-0.2, 0) is 30.3 Å². The molecule has 2 aromatic rings. The van der Waals surface area contributed by atoms with Crippen LogP contribution in [0.2, 0.25) is 0 Å². The lowest BCUT2D eigenvalue weighted by molar-refractivity contribution is -0.327. The fraction of sp³-hybridized carbons (Fsp3) is 0.364. The Kier molecular flexibility index (Phi) is 5.37. The van der Waals surface area contributed by atoms with Crippen molar-refractivity contribution in [2.75, 3.05) is 13.7 Å². The average molecular weight is 384 g/mol. The molecule has 28 heavy (non-hydrogen) atoms. The van der Waals surface area contributed by atoms with Gasteiger partial charge in [0.05, 0.1) is 6.61 Å². The summed E-state index contributed by atoms with van der Waals surface area (Å²) in [6.07, 6.45) is -1.64. The topological polar surface area (TPSA) is 66.4 Å². The summed E-state index contributed by atoms with van der Waals surface area (Å²) in [4.78, 5) is 0. The highest BCUT2D eigenvalue weighted by atomic mass is 16.8. The van der Waals surface area contributed by atoms with E-state index in [1.165, 1.54) is 7.11 Å². The van der Waals surface area contributed by atoms with Crippen LogP contribution in [0.15, 0.2) is 72.2 Å². The van der Waals surface area contributed by atoms with Crippen molar-refractivity contribution >= 4 is 0 Å². The van der Waals surface area contributed by atoms with Crippen LogP contribution in [0.3, 0.4) is 0 Å². The van der Waals surface area contributed by atoms with E-state index in [-0.39, 0.29) is 12.4 Å². The van der Waals surface area contributed by atoms with Gasteiger partial charge in [-0.05, 0) is 12.5 Å². The summed E-state index contributed by atoms with van der Waals surface area (Å²) in [6, 6.07) is 19.4. The number of benzene rings is 2. The monoisotopic (exact) mass is 384 g/mol. The number of fused-ring (bicyclic) bond motifs is 1. The van der Waals surface area contributed by atoms with Crippen molar-refractivity contribution in [3.8, 4) is 0 Å². The Labute approximate surface area is 164 Å². The molecule has 6 heteroatoms. The van der Waals surface area contributed by atoms with E-state index in [1.807, 2.05) is 60.7 Å². The second-order valence-electron chi connectivity index (χ2n) is 6.93. The van der Waals surface area contributed by atoms with Gasteiger partial charge in [-0.1, -0.05) is 60.7 Å². The third-order valence-electron chi connectivity index (χ3n) is 5.02. The van der Waals surface area contributed by atoms with Crippen LogP contribution in [0.1, 0.15) is 24.3 Å². The lowest BCUT2D eigenvalue weighted by Crippen LogP contribution is -2.54. The molecule has 2 aliphatic rings. The Morgan fingerprint density at radius 3 is 2.43 bits per heavy atom. The Morgan fingerprint density at radius 1 is 1.07 bits per heavy atom. The molecule has 0 radical (unpaired) electrons. The Bertz CT molecular complexity index is 821. The third kappa shape index (κ3) is 3.64. The molecule has 0 aromatic heterocycles. The van der Waals surface area contributed by atoms with Crippen molar-refractivity contribution in [3.63, 3.8) is 0 Å². The zero-order chi connectivity index (χ0) is 19.6. The molecule has 0 spiro atoms. The Hall–Kier alpha value is -2.38. The maximum atomic E-state index is 10.8. The fourth-order valence-electron chi connectivity index (χ4n) is 3.37. The minimum atomic E-state index is -1.32. The van der Waals surface area contributed by atoms with Gasteiger partial charge in [0, 0.05) is 12.7 Å². The van der Waals surface area contributed by atoms with E-state index in [0.29, 0.717) is 12.4 Å². The number of ether oxygens (including phenoxy) is 5. The first-order valence-electron chi connectivity index (χ1n) is 9.26. The summed E-state index contributed by atoms with van der Waals surface area (Å²) >= 11 is 0. The van der Waals surface area contributed by atoms with Gasteiger partial charge in [-0.25, -0.2) is 0 Å². The molecular formula is C22H24O6. The third-order valence-corrected chi connectivity index (χ3v) is 5.02. The van der Waals surface area contributed by atoms with Crippen LogP contribution in [-0.4, -0.2) is 36.8 Å². The number of methoxy groups -OCH3 is 1. The molecule has 0 saturated carbocycles. The highest BCUT2D eigenvalue weighted by Crippen LogP contribution is 2.40. The van der Waals surface area contributed by atoms with E-state index >= 15 is 0 Å². The summed E-state index contributed by atoms with van der Waals surface area (Å²) in [5, 5.41) is 10.8. The molecule has 4 rings (SSSR count). The first kappa shape index (κ1) is 19.0. The Morgan fingerprint density at radius 2 is 1.75 bits per heavy atom. The number of aliphatic hydroxyl groups is 1. The van der Waals surface area contributed by atoms with Gasteiger partial charge in [-0.15, -0.1) is 0 Å². The molecule has 4 unspecified atom stereocenters. The summed E-state index contributed by atoms with van der Waals surface area (Å²) in [5.41, 5.74) is 1.87. The Balaban J connectivity index is 1.61. The molecule has 148 valence electrons. The molecule has 2 aliphatic heterocycles. The van der Waals surface area contributed by atoms with E-state index in [0.717, 1.165) is 11.1 Å². The predicted octanol–water partition coefficient (Wildman–Crippen LogP) is 3.85. The van der Waals surface area contributed by atoms with Gasteiger partial charge in [0.25, 0.3) is 0 Å². The highest BCUT2D eigenvalue weighted by molar-refractivity contribution is 5.22. The molecule has 6 nitrogen and oxygen atoms in total. The molecule has 1 saturated heterocycles. The zero-order valence-electron chi connectivity index (χ0n) is 15.9. The second-order valence-corrected chi connectivity index (χ2v) is 6.93. The summed E-state index contributed by atoms with van der Waals surface area (Å²) in [5.74, 6) is -1.13. The van der Waals surface area contributed by atoms with Crippen LogP contribution >= 0.6 is 0 Å². The highest BCUT2D eigenvalue weighted by Gasteiger charge is 2.50. The van der Waals surface area contributed by atoms with Gasteiger partial charge in [-0.2, -0.15) is 0 Å². The smallest absolute Gasteiger partial charge is 0.228 e. The fourth-order valence-corrected chi connectivity index (χ4v) is 3.37. The molecule has 0 bridgehead atoms.